The summed E-state index contributed by atoms with van der Waals surface area (Å²) in [6.07, 6.45) is 29.6. The SMILES string of the molecule is CC(=O)O[Si](OC(C)=O)(OC(C)=O)c1ccc2c(c1)COC1(CCCC1)O2.CC(=O)O[Si](OC(C)=O)(OC(C)=O)c1ccc2c(c1)COC1(CCCCC1)O2.CCO[Si](OCC)(OCC)c1ccc2c(c1)COC1(CCCCC1)O2.CO[Si](OC)(OC)c1ccc2c(c1)COC1(CCCCC1)O2.Cl[Si](Cl)(Cl)c1ccc2c(c1)COC1(CCCC1)O2.Cl[Si](Cl)(Cl)c1ccc2c(c1)COC1(CCCCC1)O2. The van der Waals surface area contributed by atoms with Crippen molar-refractivity contribution in [1.82, 2.24) is 0 Å². The van der Waals surface area contributed by atoms with Gasteiger partial charge in [0.1, 0.15) is 34.5 Å². The van der Waals surface area contributed by atoms with Crippen LogP contribution in [0.2, 0.25) is 0 Å². The Morgan fingerprint density at radius 2 is 0.417 bits per heavy atom. The summed E-state index contributed by atoms with van der Waals surface area (Å²) >= 11 is 36.1. The van der Waals surface area contributed by atoms with Gasteiger partial charge in [-0.1, -0.05) is 62.1 Å². The van der Waals surface area contributed by atoms with Gasteiger partial charge >= 0.3 is 47.2 Å². The number of carbonyl (C=O) groups is 6. The number of hydrogen-bond donors (Lipinski definition) is 0. The lowest BCUT2D eigenvalue weighted by atomic mass is 9.93. The predicted octanol–water partition coefficient (Wildman–Crippen LogP) is 17.5. The molecule has 6 aliphatic carbocycles. The summed E-state index contributed by atoms with van der Waals surface area (Å²) in [4.78, 5) is 69.9. The first-order chi connectivity index (χ1) is 66.3. The van der Waals surface area contributed by atoms with E-state index < -0.39 is 118 Å². The van der Waals surface area contributed by atoms with E-state index in [1.165, 1.54) is 51.4 Å². The number of rotatable bonds is 21. The van der Waals surface area contributed by atoms with Gasteiger partial charge in [0.05, 0.1) is 50.0 Å². The summed E-state index contributed by atoms with van der Waals surface area (Å²) in [7, 11) is -9.11. The van der Waals surface area contributed by atoms with Gasteiger partial charge < -0.3 is 110 Å². The number of halogens is 6. The van der Waals surface area contributed by atoms with Crippen molar-refractivity contribution >= 4 is 181 Å². The number of hydrogen-bond acceptors (Lipinski definition) is 30. The second kappa shape index (κ2) is 47.8. The molecule has 6 heterocycles. The Bertz CT molecular complexity index is 5130. The summed E-state index contributed by atoms with van der Waals surface area (Å²) in [6, 6.07) is 27.7. The molecule has 30 nitrogen and oxygen atoms in total. The Kier molecular flexibility index (Phi) is 37.7. The molecular formula is C97H128Cl6O30Si6. The maximum Gasteiger partial charge on any atom is 0.742 e. The zero-order chi connectivity index (χ0) is 99.7. The van der Waals surface area contributed by atoms with Crippen LogP contribution in [0.3, 0.4) is 0 Å². The lowest BCUT2D eigenvalue weighted by Crippen LogP contribution is -2.59. The first-order valence-electron chi connectivity index (χ1n) is 47.9. The summed E-state index contributed by atoms with van der Waals surface area (Å²) < 4.78 is 139. The van der Waals surface area contributed by atoms with E-state index in [2.05, 4.69) is 6.07 Å². The van der Waals surface area contributed by atoms with Crippen LogP contribution in [-0.4, -0.2) is 159 Å². The standard InChI is InChI=1S/C19H24O8Si.C19H30O5Si.C18H22O8Si.C16H24O5Si.C13H15Cl3O2Si.C12H13Cl3O2Si/c1-13(20)25-28(26-14(2)21,27-15(3)22)17-7-8-18-16(11-17)12-23-19(24-18)9-5-4-6-10-19;1-4-21-25(22-5-2,23-6-3)17-10-11-18-16(14-17)15-20-19(24-18)12-8-7-9-13-19;1-12(19)24-27(25-13(2)20,26-14(3)21)16-6-7-17-15(10-16)11-22-18(23-17)8-4-5-9-18;1-17-22(18-2,19-3)14-7-8-15-13(11-14)12-20-16(21-15)9-5-4-6-10-16;14-19(15,16)11-4-5-12-10(8-11)9-17-13(18-12)6-2-1-3-7-13;13-18(14,15)10-3-4-11-9(7-10)8-16-12(17-11)5-1-2-6-12/h7-8,11H,4-6,9-10,12H2,1-3H3;10-11,14H,4-9,12-13,15H2,1-3H3;6-7,10H,4-5,8-9,11H2,1-3H3;7-8,11H,4-6,9-10,12H2,1-3H3;4-5,8H,1-3,6-7,9H2;3-4,7H,1-2,5-6,8H2. The molecule has 6 aromatic rings. The van der Waals surface area contributed by atoms with Crippen molar-refractivity contribution in [3.8, 4) is 34.5 Å². The number of carbonyl (C=O) groups excluding carboxylic acids is 6. The summed E-state index contributed by atoms with van der Waals surface area (Å²) in [6.45, 7) is 17.3. The second-order valence-corrected chi connectivity index (χ2v) is 63.0. The lowest BCUT2D eigenvalue weighted by Gasteiger charge is -2.41. The van der Waals surface area contributed by atoms with Crippen LogP contribution in [0.25, 0.3) is 0 Å². The lowest BCUT2D eigenvalue weighted by molar-refractivity contribution is -0.222. The van der Waals surface area contributed by atoms with Gasteiger partial charge in [-0.15, -0.1) is 66.5 Å². The largest absolute Gasteiger partial charge is 0.742 e. The third-order valence-electron chi connectivity index (χ3n) is 25.8. The molecule has 0 saturated heterocycles. The fourth-order valence-electron chi connectivity index (χ4n) is 19.3. The Morgan fingerprint density at radius 3 is 0.590 bits per heavy atom. The maximum absolute atomic E-state index is 11.7. The quantitative estimate of drug-likeness (QED) is 0.0477. The Hall–Kier alpha value is -6.50. The Balaban J connectivity index is 0.000000141. The molecule has 6 fully saturated rings. The average Bonchev–Trinajstić information content (AvgIpc) is 1.67. The van der Waals surface area contributed by atoms with Crippen LogP contribution >= 0.6 is 66.5 Å². The van der Waals surface area contributed by atoms with E-state index in [-0.39, 0.29) is 0 Å². The minimum atomic E-state index is -4.13. The van der Waals surface area contributed by atoms with Crippen molar-refractivity contribution in [3.63, 3.8) is 0 Å². The van der Waals surface area contributed by atoms with Gasteiger partial charge in [0.2, 0.25) is 34.7 Å². The van der Waals surface area contributed by atoms with Gasteiger partial charge in [-0.25, -0.2) is 0 Å². The molecule has 0 radical (unpaired) electrons. The summed E-state index contributed by atoms with van der Waals surface area (Å²) in [5.74, 6) is -2.26. The van der Waals surface area contributed by atoms with Gasteiger partial charge in [0, 0.05) is 203 Å². The Labute approximate surface area is 847 Å². The normalized spacial score (nSPS) is 19.6. The molecule has 42 heteroatoms. The molecule has 0 atom stereocenters. The molecule has 6 spiro atoms. The van der Waals surface area contributed by atoms with Gasteiger partial charge in [-0.3, -0.25) is 28.8 Å². The molecule has 139 heavy (non-hydrogen) atoms. The molecule has 0 unspecified atom stereocenters. The van der Waals surface area contributed by atoms with Crippen LogP contribution < -0.4 is 59.5 Å². The van der Waals surface area contributed by atoms with E-state index in [1.54, 1.807) is 57.7 Å². The van der Waals surface area contributed by atoms with Gasteiger partial charge in [-0.05, 0) is 181 Å². The number of benzene rings is 6. The molecule has 762 valence electrons. The minimum Gasteiger partial charge on any atom is -0.462 e. The predicted molar refractivity (Wildman–Crippen MR) is 531 cm³/mol. The highest BCUT2D eigenvalue weighted by Gasteiger charge is 2.58. The maximum atomic E-state index is 11.7. The fraction of sp³-hybridized carbons (Fsp3) is 0.567. The highest BCUT2D eigenvalue weighted by Crippen LogP contribution is 2.48. The van der Waals surface area contributed by atoms with Crippen LogP contribution in [0.1, 0.15) is 275 Å². The summed E-state index contributed by atoms with van der Waals surface area (Å²) in [5.41, 5.74) is 5.43. The van der Waals surface area contributed by atoms with Crippen molar-refractivity contribution in [3.05, 3.63) is 143 Å². The zero-order valence-corrected chi connectivity index (χ0v) is 91.6. The van der Waals surface area contributed by atoms with Crippen LogP contribution in [0.4, 0.5) is 0 Å². The van der Waals surface area contributed by atoms with E-state index >= 15 is 0 Å². The fourth-order valence-corrected chi connectivity index (χ4v) is 31.5. The van der Waals surface area contributed by atoms with Crippen molar-refractivity contribution < 1.29 is 139 Å². The molecule has 12 aliphatic rings. The van der Waals surface area contributed by atoms with Crippen LogP contribution in [0.5, 0.6) is 34.5 Å². The van der Waals surface area contributed by atoms with E-state index in [4.69, 9.17) is 176 Å². The van der Waals surface area contributed by atoms with Gasteiger partial charge in [0.15, 0.2) is 0 Å². The van der Waals surface area contributed by atoms with Crippen molar-refractivity contribution in [1.29, 1.82) is 0 Å². The van der Waals surface area contributed by atoms with E-state index in [0.717, 1.165) is 236 Å². The zero-order valence-electron chi connectivity index (χ0n) is 81.1. The van der Waals surface area contributed by atoms with Gasteiger partial charge in [-0.2, -0.15) is 0 Å². The molecule has 0 N–H and O–H groups in total. The molecule has 0 amide bonds. The van der Waals surface area contributed by atoms with E-state index in [0.29, 0.717) is 92.5 Å². The molecular weight excluding hydrogens is 2030 g/mol. The topological polar surface area (TPSA) is 324 Å². The van der Waals surface area contributed by atoms with Crippen molar-refractivity contribution in [2.24, 2.45) is 0 Å². The van der Waals surface area contributed by atoms with Gasteiger partial charge in [0.25, 0.3) is 35.8 Å². The first kappa shape index (κ1) is 110. The number of ether oxygens (including phenoxy) is 12. The van der Waals surface area contributed by atoms with Crippen molar-refractivity contribution in [2.75, 3.05) is 41.2 Å². The number of fused-ring (bicyclic) bond motifs is 6. The molecule has 6 aliphatic heterocycles. The molecule has 6 aromatic carbocycles. The molecule has 18 rings (SSSR count). The van der Waals surface area contributed by atoms with Crippen LogP contribution in [-0.2, 0) is 150 Å². The second-order valence-electron chi connectivity index (χ2n) is 36.1. The first-order valence-corrected chi connectivity index (χ1v) is 64.9. The smallest absolute Gasteiger partial charge is 0.462 e. The Morgan fingerprint density at radius 1 is 0.252 bits per heavy atom. The molecule has 0 aromatic heterocycles. The monoisotopic (exact) mass is 2150 g/mol. The third-order valence-corrected chi connectivity index (χ3v) is 42.7. The van der Waals surface area contributed by atoms with E-state index in [1.807, 2.05) is 87.5 Å². The van der Waals surface area contributed by atoms with Crippen LogP contribution in [0, 0.1) is 0 Å². The third kappa shape index (κ3) is 27.6. The molecule has 0 bridgehead atoms. The average molecular weight is 2160 g/mol. The van der Waals surface area contributed by atoms with Crippen molar-refractivity contribution in [2.45, 2.75) is 316 Å². The highest BCUT2D eigenvalue weighted by molar-refractivity contribution is 7.70. The van der Waals surface area contributed by atoms with E-state index in [9.17, 15) is 28.8 Å². The minimum absolute atomic E-state index is 0.299. The highest BCUT2D eigenvalue weighted by atomic mass is 35.8. The molecule has 6 saturated carbocycles. The summed E-state index contributed by atoms with van der Waals surface area (Å²) in [5, 5.41) is 4.06. The van der Waals surface area contributed by atoms with Crippen LogP contribution in [0.15, 0.2) is 109 Å².